The van der Waals surface area contributed by atoms with Crippen molar-refractivity contribution in [2.45, 2.75) is 37.5 Å². The lowest BCUT2D eigenvalue weighted by molar-refractivity contribution is -0.135. The van der Waals surface area contributed by atoms with E-state index in [9.17, 15) is 13.2 Å². The third-order valence-corrected chi connectivity index (χ3v) is 7.39. The Morgan fingerprint density at radius 3 is 2.65 bits per heavy atom. The van der Waals surface area contributed by atoms with Crippen LogP contribution >= 0.6 is 0 Å². The molecule has 31 heavy (non-hydrogen) atoms. The van der Waals surface area contributed by atoms with E-state index >= 15 is 0 Å². The van der Waals surface area contributed by atoms with Crippen molar-refractivity contribution in [1.82, 2.24) is 19.3 Å². The fraction of sp³-hybridized carbons (Fsp3) is 0.571. The lowest BCUT2D eigenvalue weighted by Crippen LogP contribution is -2.48. The molecule has 2 aliphatic heterocycles. The van der Waals surface area contributed by atoms with E-state index in [4.69, 9.17) is 9.26 Å². The summed E-state index contributed by atoms with van der Waals surface area (Å²) in [6.07, 6.45) is 3.74. The monoisotopic (exact) mass is 448 g/mol. The number of carbonyl (C=O) groups excluding carboxylic acids is 1. The van der Waals surface area contributed by atoms with Crippen LogP contribution in [0.5, 0.6) is 5.75 Å². The summed E-state index contributed by atoms with van der Waals surface area (Å²) in [5, 5.41) is 4.12. The van der Waals surface area contributed by atoms with Gasteiger partial charge in [0.05, 0.1) is 19.3 Å². The number of carbonyl (C=O) groups is 1. The Kier molecular flexibility index (Phi) is 6.29. The number of nitrogens with zero attached hydrogens (tertiary/aromatic N) is 4. The van der Waals surface area contributed by atoms with Gasteiger partial charge in [-0.15, -0.1) is 0 Å². The Morgan fingerprint density at radius 2 is 1.97 bits per heavy atom. The number of hydrogen-bond acceptors (Lipinski definition) is 7. The van der Waals surface area contributed by atoms with E-state index in [2.05, 4.69) is 10.1 Å². The highest BCUT2D eigenvalue weighted by Gasteiger charge is 2.36. The fourth-order valence-corrected chi connectivity index (χ4v) is 4.97. The number of aromatic nitrogens is 2. The molecular formula is C21H28N4O5S. The van der Waals surface area contributed by atoms with Gasteiger partial charge in [-0.05, 0) is 37.0 Å². The van der Waals surface area contributed by atoms with Crippen LogP contribution in [0.15, 0.2) is 28.8 Å². The van der Waals surface area contributed by atoms with Crippen LogP contribution in [0.1, 0.15) is 48.4 Å². The first kappa shape index (κ1) is 21.8. The summed E-state index contributed by atoms with van der Waals surface area (Å²) in [6.45, 7) is 2.13. The fourth-order valence-electron chi connectivity index (χ4n) is 4.10. The molecule has 1 aromatic heterocycles. The minimum absolute atomic E-state index is 0.0677. The molecule has 9 nitrogen and oxygen atoms in total. The minimum Gasteiger partial charge on any atom is -0.497 e. The maximum Gasteiger partial charge on any atom is 0.233 e. The molecule has 10 heteroatoms. The maximum atomic E-state index is 12.5. The largest absolute Gasteiger partial charge is 0.497 e. The normalized spacial score (nSPS) is 18.7. The highest BCUT2D eigenvalue weighted by molar-refractivity contribution is 7.88. The molecule has 0 unspecified atom stereocenters. The Balaban J connectivity index is 1.24. The quantitative estimate of drug-likeness (QED) is 0.636. The molecular weight excluding hydrogens is 420 g/mol. The molecule has 4 rings (SSSR count). The number of sulfonamides is 1. The van der Waals surface area contributed by atoms with Crippen molar-refractivity contribution >= 4 is 15.9 Å². The zero-order chi connectivity index (χ0) is 22.0. The second-order valence-electron chi connectivity index (χ2n) is 8.27. The van der Waals surface area contributed by atoms with Gasteiger partial charge in [-0.1, -0.05) is 17.3 Å². The van der Waals surface area contributed by atoms with Crippen molar-refractivity contribution in [2.75, 3.05) is 39.5 Å². The number of ether oxygens (including phenoxy) is 1. The Hall–Kier alpha value is -2.46. The molecule has 0 atom stereocenters. The van der Waals surface area contributed by atoms with Gasteiger partial charge < -0.3 is 14.2 Å². The highest BCUT2D eigenvalue weighted by atomic mass is 32.2. The highest BCUT2D eigenvalue weighted by Crippen LogP contribution is 2.31. The molecule has 0 saturated carbocycles. The van der Waals surface area contributed by atoms with Gasteiger partial charge >= 0.3 is 0 Å². The smallest absolute Gasteiger partial charge is 0.233 e. The van der Waals surface area contributed by atoms with Crippen LogP contribution < -0.4 is 4.74 Å². The van der Waals surface area contributed by atoms with Crippen molar-refractivity contribution in [1.29, 1.82) is 0 Å². The number of piperidine rings is 1. The molecule has 2 aliphatic rings. The Labute approximate surface area is 182 Å². The van der Waals surface area contributed by atoms with E-state index in [1.54, 1.807) is 7.11 Å². The van der Waals surface area contributed by atoms with Crippen LogP contribution in [-0.4, -0.2) is 73.2 Å². The van der Waals surface area contributed by atoms with E-state index < -0.39 is 10.0 Å². The number of rotatable bonds is 7. The molecule has 2 fully saturated rings. The van der Waals surface area contributed by atoms with Crippen molar-refractivity contribution in [3.8, 4) is 5.75 Å². The summed E-state index contributed by atoms with van der Waals surface area (Å²) in [4.78, 5) is 18.8. The average molecular weight is 449 g/mol. The number of methoxy groups -OCH3 is 1. The molecule has 1 amide bonds. The van der Waals surface area contributed by atoms with Crippen LogP contribution in [0.25, 0.3) is 0 Å². The summed E-state index contributed by atoms with van der Waals surface area (Å²) in [7, 11) is -1.52. The summed E-state index contributed by atoms with van der Waals surface area (Å²) >= 11 is 0. The van der Waals surface area contributed by atoms with Crippen LogP contribution in [0.4, 0.5) is 0 Å². The van der Waals surface area contributed by atoms with Crippen molar-refractivity contribution in [3.63, 3.8) is 0 Å². The third-order valence-electron chi connectivity index (χ3n) is 6.09. The molecule has 168 valence electrons. The van der Waals surface area contributed by atoms with Crippen molar-refractivity contribution < 1.29 is 22.5 Å². The summed E-state index contributed by atoms with van der Waals surface area (Å²) in [5.74, 6) is 2.30. The predicted octanol–water partition coefficient (Wildman–Crippen LogP) is 1.78. The van der Waals surface area contributed by atoms with Crippen molar-refractivity contribution in [3.05, 3.63) is 41.5 Å². The molecule has 2 saturated heterocycles. The number of aryl methyl sites for hydroxylation is 1. The average Bonchev–Trinajstić information content (AvgIpc) is 3.20. The summed E-state index contributed by atoms with van der Waals surface area (Å²) in [6, 6.07) is 7.76. The van der Waals surface area contributed by atoms with Gasteiger partial charge in [0.25, 0.3) is 0 Å². The van der Waals surface area contributed by atoms with Gasteiger partial charge in [0.2, 0.25) is 21.8 Å². The second-order valence-corrected chi connectivity index (χ2v) is 10.3. The molecule has 3 heterocycles. The Morgan fingerprint density at radius 1 is 1.23 bits per heavy atom. The van der Waals surface area contributed by atoms with Gasteiger partial charge in [0.15, 0.2) is 5.82 Å². The number of amides is 1. The van der Waals surface area contributed by atoms with Gasteiger partial charge in [0.1, 0.15) is 5.75 Å². The standard InChI is InChI=1S/C21H28N4O5S/c1-29-18-5-3-4-15(12-18)6-7-19(26)24-13-17(14-24)21-22-20(23-30-21)16-8-10-25(11-9-16)31(2,27)28/h3-5,12,16-17H,6-11,13-14H2,1-2H3. The number of benzene rings is 1. The predicted molar refractivity (Wildman–Crippen MR) is 113 cm³/mol. The first-order valence-electron chi connectivity index (χ1n) is 10.5. The van der Waals surface area contributed by atoms with Crippen LogP contribution in [0, 0.1) is 0 Å². The van der Waals surface area contributed by atoms with E-state index in [-0.39, 0.29) is 17.7 Å². The molecule has 0 N–H and O–H groups in total. The molecule has 0 bridgehead atoms. The topological polar surface area (TPSA) is 106 Å². The SMILES string of the molecule is COc1cccc(CCC(=O)N2CC(c3nc(C4CCN(S(C)(=O)=O)CC4)no3)C2)c1. The zero-order valence-electron chi connectivity index (χ0n) is 17.9. The lowest BCUT2D eigenvalue weighted by atomic mass is 9.96. The molecule has 0 spiro atoms. The van der Waals surface area contributed by atoms with E-state index in [0.29, 0.717) is 63.6 Å². The minimum atomic E-state index is -3.15. The van der Waals surface area contributed by atoms with Crippen molar-refractivity contribution in [2.24, 2.45) is 0 Å². The van der Waals surface area contributed by atoms with Crippen LogP contribution in [-0.2, 0) is 21.2 Å². The van der Waals surface area contributed by atoms with Crippen LogP contribution in [0.2, 0.25) is 0 Å². The molecule has 0 radical (unpaired) electrons. The van der Waals surface area contributed by atoms with Gasteiger partial charge in [0, 0.05) is 38.5 Å². The van der Waals surface area contributed by atoms with Crippen LogP contribution in [0.3, 0.4) is 0 Å². The van der Waals surface area contributed by atoms with Gasteiger partial charge in [-0.2, -0.15) is 4.98 Å². The first-order chi connectivity index (χ1) is 14.8. The third kappa shape index (κ3) is 5.07. The van der Waals surface area contributed by atoms with Gasteiger partial charge in [-0.3, -0.25) is 4.79 Å². The summed E-state index contributed by atoms with van der Waals surface area (Å²) < 4.78 is 35.5. The number of likely N-dealkylation sites (tertiary alicyclic amines) is 1. The first-order valence-corrected chi connectivity index (χ1v) is 12.4. The zero-order valence-corrected chi connectivity index (χ0v) is 18.7. The molecule has 1 aromatic carbocycles. The van der Waals surface area contributed by atoms with Gasteiger partial charge in [-0.25, -0.2) is 12.7 Å². The second kappa shape index (κ2) is 8.96. The Bertz CT molecular complexity index is 1020. The summed E-state index contributed by atoms with van der Waals surface area (Å²) in [5.41, 5.74) is 1.08. The van der Waals surface area contributed by atoms with E-state index in [1.807, 2.05) is 29.2 Å². The van der Waals surface area contributed by atoms with E-state index in [1.165, 1.54) is 10.6 Å². The van der Waals surface area contributed by atoms with E-state index in [0.717, 1.165) is 11.3 Å². The maximum absolute atomic E-state index is 12.5. The molecule has 0 aliphatic carbocycles. The molecule has 2 aromatic rings. The number of hydrogen-bond donors (Lipinski definition) is 0. The lowest BCUT2D eigenvalue weighted by Gasteiger charge is -2.37.